The molecule has 1 aromatic heterocycles. The Kier molecular flexibility index (Phi) is 4.75. The number of amides is 2. The zero-order chi connectivity index (χ0) is 18.9. The Morgan fingerprint density at radius 1 is 1.15 bits per heavy atom. The molecule has 0 saturated carbocycles. The van der Waals surface area contributed by atoms with Crippen LogP contribution in [0.5, 0.6) is 11.5 Å². The van der Waals surface area contributed by atoms with Crippen LogP contribution in [0.2, 0.25) is 0 Å². The number of carbonyl (C=O) groups excluding carboxylic acids is 2. The van der Waals surface area contributed by atoms with Crippen molar-refractivity contribution in [2.24, 2.45) is 0 Å². The van der Waals surface area contributed by atoms with Gasteiger partial charge in [0.05, 0.1) is 6.54 Å². The lowest BCUT2D eigenvalue weighted by molar-refractivity contribution is -0.137. The van der Waals surface area contributed by atoms with Crippen molar-refractivity contribution >= 4 is 28.8 Å². The topological polar surface area (TPSA) is 96.9 Å². The third-order valence-electron chi connectivity index (χ3n) is 4.79. The highest BCUT2D eigenvalue weighted by Gasteiger charge is 2.35. The summed E-state index contributed by atoms with van der Waals surface area (Å²) in [6.45, 7) is 0.925. The normalized spacial score (nSPS) is 20.5. The van der Waals surface area contributed by atoms with Crippen molar-refractivity contribution in [1.29, 1.82) is 0 Å². The Balaban J connectivity index is 1.37. The molecule has 2 aromatic rings. The van der Waals surface area contributed by atoms with Crippen LogP contribution in [-0.2, 0) is 21.6 Å². The van der Waals surface area contributed by atoms with E-state index in [1.165, 1.54) is 0 Å². The van der Waals surface area contributed by atoms with E-state index in [0.717, 1.165) is 23.3 Å². The van der Waals surface area contributed by atoms with E-state index in [0.29, 0.717) is 36.8 Å². The monoisotopic (exact) mass is 388 g/mol. The van der Waals surface area contributed by atoms with Gasteiger partial charge in [0.15, 0.2) is 11.5 Å². The summed E-state index contributed by atoms with van der Waals surface area (Å²) in [5.74, 6) is -0.451. The number of ether oxygens (including phenoxy) is 2. The van der Waals surface area contributed by atoms with E-state index in [2.05, 4.69) is 10.6 Å². The summed E-state index contributed by atoms with van der Waals surface area (Å²) in [5, 5.41) is 17.9. The van der Waals surface area contributed by atoms with Crippen LogP contribution in [0.4, 0.5) is 5.69 Å². The summed E-state index contributed by atoms with van der Waals surface area (Å²) >= 11 is 1.61. The van der Waals surface area contributed by atoms with Crippen LogP contribution in [0.25, 0.3) is 0 Å². The predicted octanol–water partition coefficient (Wildman–Crippen LogP) is 1.80. The molecule has 4 rings (SSSR count). The average Bonchev–Trinajstić information content (AvgIpc) is 3.17. The van der Waals surface area contributed by atoms with Gasteiger partial charge in [0.1, 0.15) is 18.8 Å². The van der Waals surface area contributed by atoms with Crippen molar-refractivity contribution < 1.29 is 24.2 Å². The molecule has 2 heterocycles. The fraction of sp³-hybridized carbons (Fsp3) is 0.368. The molecule has 7 nitrogen and oxygen atoms in total. The van der Waals surface area contributed by atoms with Gasteiger partial charge in [0.25, 0.3) is 0 Å². The molecule has 1 aromatic carbocycles. The van der Waals surface area contributed by atoms with Crippen molar-refractivity contribution in [1.82, 2.24) is 5.32 Å². The van der Waals surface area contributed by atoms with Gasteiger partial charge in [-0.25, -0.2) is 0 Å². The van der Waals surface area contributed by atoms with Gasteiger partial charge in [-0.05, 0) is 48.4 Å². The number of aryl methyl sites for hydroxylation is 1. The van der Waals surface area contributed by atoms with Gasteiger partial charge in [0, 0.05) is 16.6 Å². The Bertz CT molecular complexity index is 881. The number of fused-ring (bicyclic) bond motifs is 2. The molecule has 0 fully saturated rings. The zero-order valence-corrected chi connectivity index (χ0v) is 15.4. The van der Waals surface area contributed by atoms with Crippen molar-refractivity contribution in [3.8, 4) is 11.5 Å². The molecule has 142 valence electrons. The number of benzene rings is 1. The first-order valence-electron chi connectivity index (χ1n) is 8.83. The first kappa shape index (κ1) is 17.8. The van der Waals surface area contributed by atoms with Crippen LogP contribution in [0, 0.1) is 0 Å². The predicted molar refractivity (Wildman–Crippen MR) is 100 cm³/mol. The van der Waals surface area contributed by atoms with E-state index in [9.17, 15) is 14.7 Å². The number of hydrogen-bond donors (Lipinski definition) is 3. The standard InChI is InChI=1S/C19H20N2O5S/c22-17(20-11-19(24)6-1-2-16-13(19)5-9-27-16)18(23)21-12-3-4-14-15(10-12)26-8-7-25-14/h3-5,9-10,24H,1-2,6-8,11H2,(H,20,22)(H,21,23). The van der Waals surface area contributed by atoms with E-state index >= 15 is 0 Å². The van der Waals surface area contributed by atoms with Gasteiger partial charge < -0.3 is 25.2 Å². The Morgan fingerprint density at radius 3 is 2.81 bits per heavy atom. The largest absolute Gasteiger partial charge is 0.486 e. The summed E-state index contributed by atoms with van der Waals surface area (Å²) in [5.41, 5.74) is 0.169. The molecule has 0 bridgehead atoms. The van der Waals surface area contributed by atoms with Crippen molar-refractivity contribution in [2.75, 3.05) is 25.1 Å². The molecule has 0 radical (unpaired) electrons. The SMILES string of the molecule is O=C(NCC1(O)CCCc2sccc21)C(=O)Nc1ccc2c(c1)OCCO2. The molecule has 8 heteroatoms. The zero-order valence-electron chi connectivity index (χ0n) is 14.6. The second kappa shape index (κ2) is 7.21. The molecule has 2 amide bonds. The van der Waals surface area contributed by atoms with E-state index in [4.69, 9.17) is 9.47 Å². The van der Waals surface area contributed by atoms with E-state index in [-0.39, 0.29) is 6.54 Å². The number of anilines is 1. The first-order chi connectivity index (χ1) is 13.0. The highest BCUT2D eigenvalue weighted by molar-refractivity contribution is 7.10. The van der Waals surface area contributed by atoms with Crippen LogP contribution >= 0.6 is 11.3 Å². The van der Waals surface area contributed by atoms with Gasteiger partial charge in [-0.2, -0.15) is 0 Å². The molecule has 0 saturated heterocycles. The summed E-state index contributed by atoms with van der Waals surface area (Å²) in [4.78, 5) is 25.5. The third-order valence-corrected chi connectivity index (χ3v) is 5.77. The lowest BCUT2D eigenvalue weighted by Crippen LogP contribution is -2.45. The Hall–Kier alpha value is -2.58. The molecular formula is C19H20N2O5S. The minimum absolute atomic E-state index is 0.00409. The molecule has 1 aliphatic heterocycles. The number of aliphatic hydroxyl groups is 1. The van der Waals surface area contributed by atoms with Gasteiger partial charge in [-0.1, -0.05) is 0 Å². The summed E-state index contributed by atoms with van der Waals surface area (Å²) in [6, 6.07) is 6.84. The molecule has 1 unspecified atom stereocenters. The minimum atomic E-state index is -1.12. The van der Waals surface area contributed by atoms with Crippen molar-refractivity contribution in [2.45, 2.75) is 24.9 Å². The van der Waals surface area contributed by atoms with Crippen LogP contribution in [-0.4, -0.2) is 36.7 Å². The lowest BCUT2D eigenvalue weighted by atomic mass is 9.83. The van der Waals surface area contributed by atoms with E-state index < -0.39 is 17.4 Å². The van der Waals surface area contributed by atoms with Crippen LogP contribution in [0.3, 0.4) is 0 Å². The molecule has 3 N–H and O–H groups in total. The number of nitrogens with one attached hydrogen (secondary N) is 2. The maximum Gasteiger partial charge on any atom is 0.313 e. The summed E-state index contributed by atoms with van der Waals surface area (Å²) in [6.07, 6.45) is 2.35. The highest BCUT2D eigenvalue weighted by Crippen LogP contribution is 2.37. The van der Waals surface area contributed by atoms with E-state index in [1.807, 2.05) is 11.4 Å². The number of hydrogen-bond acceptors (Lipinski definition) is 6. The average molecular weight is 388 g/mol. The van der Waals surface area contributed by atoms with Crippen molar-refractivity contribution in [3.05, 3.63) is 40.1 Å². The second-order valence-electron chi connectivity index (χ2n) is 6.64. The molecule has 2 aliphatic rings. The second-order valence-corrected chi connectivity index (χ2v) is 7.64. The van der Waals surface area contributed by atoms with Gasteiger partial charge >= 0.3 is 11.8 Å². The molecule has 1 atom stereocenters. The van der Waals surface area contributed by atoms with E-state index in [1.54, 1.807) is 29.5 Å². The van der Waals surface area contributed by atoms with Crippen LogP contribution in [0.15, 0.2) is 29.6 Å². The fourth-order valence-electron chi connectivity index (χ4n) is 3.42. The summed E-state index contributed by atoms with van der Waals surface area (Å²) < 4.78 is 10.9. The maximum absolute atomic E-state index is 12.2. The minimum Gasteiger partial charge on any atom is -0.486 e. The smallest absolute Gasteiger partial charge is 0.313 e. The van der Waals surface area contributed by atoms with Gasteiger partial charge in [-0.15, -0.1) is 11.3 Å². The lowest BCUT2D eigenvalue weighted by Gasteiger charge is -2.32. The van der Waals surface area contributed by atoms with Gasteiger partial charge in [-0.3, -0.25) is 9.59 Å². The first-order valence-corrected chi connectivity index (χ1v) is 9.71. The molecular weight excluding hydrogens is 368 g/mol. The molecule has 1 aliphatic carbocycles. The van der Waals surface area contributed by atoms with Crippen LogP contribution < -0.4 is 20.1 Å². The number of carbonyl (C=O) groups is 2. The number of rotatable bonds is 3. The third kappa shape index (κ3) is 3.63. The van der Waals surface area contributed by atoms with Gasteiger partial charge in [0.2, 0.25) is 0 Å². The highest BCUT2D eigenvalue weighted by atomic mass is 32.1. The van der Waals surface area contributed by atoms with Crippen LogP contribution in [0.1, 0.15) is 23.3 Å². The van der Waals surface area contributed by atoms with Crippen molar-refractivity contribution in [3.63, 3.8) is 0 Å². The Labute approximate surface area is 160 Å². The fourth-order valence-corrected chi connectivity index (χ4v) is 4.44. The molecule has 0 spiro atoms. The quantitative estimate of drug-likeness (QED) is 0.697. The summed E-state index contributed by atoms with van der Waals surface area (Å²) in [7, 11) is 0. The maximum atomic E-state index is 12.2. The Morgan fingerprint density at radius 2 is 1.96 bits per heavy atom. The molecule has 27 heavy (non-hydrogen) atoms. The number of thiophene rings is 1.